The lowest BCUT2D eigenvalue weighted by atomic mass is 10.1. The fourth-order valence-electron chi connectivity index (χ4n) is 3.21. The number of hydrogen-bond acceptors (Lipinski definition) is 3. The summed E-state index contributed by atoms with van der Waals surface area (Å²) < 4.78 is 2.12. The van der Waals surface area contributed by atoms with Gasteiger partial charge in [0.1, 0.15) is 5.82 Å². The molecule has 0 bridgehead atoms. The Labute approximate surface area is 163 Å². The van der Waals surface area contributed by atoms with E-state index in [1.165, 1.54) is 10.4 Å². The molecule has 0 aliphatic heterocycles. The summed E-state index contributed by atoms with van der Waals surface area (Å²) in [5.41, 5.74) is 2.32. The van der Waals surface area contributed by atoms with Gasteiger partial charge < -0.3 is 14.8 Å². The van der Waals surface area contributed by atoms with E-state index in [0.29, 0.717) is 19.1 Å². The van der Waals surface area contributed by atoms with E-state index in [0.717, 1.165) is 30.8 Å². The number of urea groups is 1. The molecule has 27 heavy (non-hydrogen) atoms. The van der Waals surface area contributed by atoms with Crippen LogP contribution in [0.25, 0.3) is 0 Å². The summed E-state index contributed by atoms with van der Waals surface area (Å²) in [5.74, 6) is 1.00. The van der Waals surface area contributed by atoms with Gasteiger partial charge in [-0.05, 0) is 42.3 Å². The van der Waals surface area contributed by atoms with E-state index in [2.05, 4.69) is 44.5 Å². The Morgan fingerprint density at radius 2 is 2.15 bits per heavy atom. The molecule has 140 valence electrons. The van der Waals surface area contributed by atoms with Crippen molar-refractivity contribution in [2.75, 3.05) is 0 Å². The van der Waals surface area contributed by atoms with Crippen molar-refractivity contribution >= 4 is 17.4 Å². The van der Waals surface area contributed by atoms with Crippen LogP contribution in [0.4, 0.5) is 4.79 Å². The molecule has 1 fully saturated rings. The molecule has 1 aliphatic carbocycles. The summed E-state index contributed by atoms with van der Waals surface area (Å²) in [4.78, 5) is 20.2. The monoisotopic (exact) mass is 380 g/mol. The van der Waals surface area contributed by atoms with Crippen LogP contribution in [0.15, 0.2) is 54.2 Å². The van der Waals surface area contributed by atoms with Crippen LogP contribution >= 0.6 is 11.3 Å². The third-order valence-corrected chi connectivity index (χ3v) is 5.73. The number of aromatic nitrogens is 2. The Hall–Kier alpha value is -2.60. The van der Waals surface area contributed by atoms with Crippen LogP contribution in [0.1, 0.15) is 34.7 Å². The maximum absolute atomic E-state index is 12.7. The maximum Gasteiger partial charge on any atom is 0.318 e. The average molecular weight is 381 g/mol. The largest absolute Gasteiger partial charge is 0.334 e. The van der Waals surface area contributed by atoms with Crippen LogP contribution < -0.4 is 5.32 Å². The first-order valence-corrected chi connectivity index (χ1v) is 10.2. The van der Waals surface area contributed by atoms with E-state index in [9.17, 15) is 4.79 Å². The van der Waals surface area contributed by atoms with Crippen molar-refractivity contribution in [3.8, 4) is 0 Å². The van der Waals surface area contributed by atoms with E-state index in [-0.39, 0.29) is 6.03 Å². The second-order valence-electron chi connectivity index (χ2n) is 7.02. The van der Waals surface area contributed by atoms with E-state index in [4.69, 9.17) is 0 Å². The zero-order valence-corrected chi connectivity index (χ0v) is 16.3. The maximum atomic E-state index is 12.7. The summed E-state index contributed by atoms with van der Waals surface area (Å²) >= 11 is 1.70. The van der Waals surface area contributed by atoms with Crippen LogP contribution in [0.2, 0.25) is 0 Å². The molecule has 0 radical (unpaired) electrons. The van der Waals surface area contributed by atoms with Crippen LogP contribution in [0, 0.1) is 6.92 Å². The number of imidazole rings is 1. The predicted octanol–water partition coefficient (Wildman–Crippen LogP) is 4.18. The molecule has 3 aromatic rings. The molecule has 2 heterocycles. The predicted molar refractivity (Wildman–Crippen MR) is 108 cm³/mol. The summed E-state index contributed by atoms with van der Waals surface area (Å²) in [5, 5.41) is 5.16. The fraction of sp³-hybridized carbons (Fsp3) is 0.333. The molecular weight excluding hydrogens is 356 g/mol. The molecular formula is C21H24N4OS. The van der Waals surface area contributed by atoms with Gasteiger partial charge in [0, 0.05) is 36.4 Å². The number of carbonyl (C=O) groups is 1. The minimum absolute atomic E-state index is 0.0294. The van der Waals surface area contributed by atoms with Gasteiger partial charge in [0.15, 0.2) is 0 Å². The lowest BCUT2D eigenvalue weighted by molar-refractivity contribution is 0.192. The topological polar surface area (TPSA) is 50.2 Å². The van der Waals surface area contributed by atoms with E-state index in [1.54, 1.807) is 11.3 Å². The van der Waals surface area contributed by atoms with Crippen molar-refractivity contribution < 1.29 is 4.79 Å². The molecule has 0 saturated heterocycles. The SMILES string of the molecule is Cc1nccn1Cc1cccc(CNC(=O)N(Cc2cccs2)C2CC2)c1. The molecule has 2 amide bonds. The zero-order valence-electron chi connectivity index (χ0n) is 15.5. The van der Waals surface area contributed by atoms with Gasteiger partial charge in [-0.25, -0.2) is 9.78 Å². The normalized spacial score (nSPS) is 13.5. The van der Waals surface area contributed by atoms with Gasteiger partial charge in [0.05, 0.1) is 6.54 Å². The van der Waals surface area contributed by atoms with Crippen molar-refractivity contribution in [1.82, 2.24) is 19.8 Å². The highest BCUT2D eigenvalue weighted by molar-refractivity contribution is 7.09. The molecule has 6 heteroatoms. The minimum Gasteiger partial charge on any atom is -0.334 e. The molecule has 0 atom stereocenters. The third kappa shape index (κ3) is 4.57. The summed E-state index contributed by atoms with van der Waals surface area (Å²) in [6.45, 7) is 4.04. The highest BCUT2D eigenvalue weighted by Gasteiger charge is 2.32. The number of hydrogen-bond donors (Lipinski definition) is 1. The molecule has 4 rings (SSSR count). The summed E-state index contributed by atoms with van der Waals surface area (Å²) in [7, 11) is 0. The number of nitrogens with zero attached hydrogens (tertiary/aromatic N) is 3. The number of aryl methyl sites for hydroxylation is 1. The number of amides is 2. The van der Waals surface area contributed by atoms with Gasteiger partial charge >= 0.3 is 6.03 Å². The summed E-state index contributed by atoms with van der Waals surface area (Å²) in [6.07, 6.45) is 6.03. The Morgan fingerprint density at radius 3 is 2.85 bits per heavy atom. The van der Waals surface area contributed by atoms with Crippen molar-refractivity contribution in [3.63, 3.8) is 0 Å². The smallest absolute Gasteiger partial charge is 0.318 e. The fourth-order valence-corrected chi connectivity index (χ4v) is 3.91. The number of nitrogens with one attached hydrogen (secondary N) is 1. The van der Waals surface area contributed by atoms with Crippen LogP contribution in [-0.2, 0) is 19.6 Å². The van der Waals surface area contributed by atoms with Crippen molar-refractivity contribution in [3.05, 3.63) is 76.0 Å². The van der Waals surface area contributed by atoms with E-state index < -0.39 is 0 Å². The van der Waals surface area contributed by atoms with Crippen molar-refractivity contribution in [2.24, 2.45) is 0 Å². The molecule has 1 aromatic carbocycles. The molecule has 1 N–H and O–H groups in total. The van der Waals surface area contributed by atoms with Gasteiger partial charge in [-0.2, -0.15) is 0 Å². The third-order valence-electron chi connectivity index (χ3n) is 4.87. The molecule has 5 nitrogen and oxygen atoms in total. The van der Waals surface area contributed by atoms with Gasteiger partial charge in [0.2, 0.25) is 0 Å². The van der Waals surface area contributed by atoms with Crippen molar-refractivity contribution in [1.29, 1.82) is 0 Å². The van der Waals surface area contributed by atoms with Gasteiger partial charge in [-0.15, -0.1) is 11.3 Å². The number of rotatable bonds is 7. The Kier molecular flexibility index (Phi) is 5.25. The standard InChI is InChI=1S/C21H24N4OS/c1-16-22-9-10-24(16)14-18-5-2-4-17(12-18)13-23-21(26)25(19-7-8-19)15-20-6-3-11-27-20/h2-6,9-12,19H,7-8,13-15H2,1H3,(H,23,26). The van der Waals surface area contributed by atoms with Gasteiger partial charge in [-0.3, -0.25) is 0 Å². The molecule has 2 aromatic heterocycles. The van der Waals surface area contributed by atoms with E-state index in [1.807, 2.05) is 36.4 Å². The minimum atomic E-state index is 0.0294. The average Bonchev–Trinajstić information content (AvgIpc) is 3.23. The van der Waals surface area contributed by atoms with Crippen LogP contribution in [0.5, 0.6) is 0 Å². The first-order chi connectivity index (χ1) is 13.2. The highest BCUT2D eigenvalue weighted by atomic mass is 32.1. The van der Waals surface area contributed by atoms with Crippen LogP contribution in [-0.4, -0.2) is 26.5 Å². The lowest BCUT2D eigenvalue weighted by Gasteiger charge is -2.22. The molecule has 0 spiro atoms. The molecule has 0 unspecified atom stereocenters. The zero-order chi connectivity index (χ0) is 18.6. The number of thiophene rings is 1. The molecule has 1 saturated carbocycles. The lowest BCUT2D eigenvalue weighted by Crippen LogP contribution is -2.40. The van der Waals surface area contributed by atoms with Gasteiger partial charge in [-0.1, -0.05) is 30.3 Å². The Balaban J connectivity index is 1.36. The Morgan fingerprint density at radius 1 is 1.30 bits per heavy atom. The highest BCUT2D eigenvalue weighted by Crippen LogP contribution is 2.29. The summed E-state index contributed by atoms with van der Waals surface area (Å²) in [6, 6.07) is 12.9. The van der Waals surface area contributed by atoms with Gasteiger partial charge in [0.25, 0.3) is 0 Å². The van der Waals surface area contributed by atoms with Crippen molar-refractivity contribution in [2.45, 2.75) is 45.4 Å². The van der Waals surface area contributed by atoms with Crippen LogP contribution in [0.3, 0.4) is 0 Å². The Bertz CT molecular complexity index is 899. The number of carbonyl (C=O) groups excluding carboxylic acids is 1. The number of benzene rings is 1. The molecule has 1 aliphatic rings. The van der Waals surface area contributed by atoms with E-state index >= 15 is 0 Å². The second-order valence-corrected chi connectivity index (χ2v) is 8.05. The first-order valence-electron chi connectivity index (χ1n) is 9.31. The first kappa shape index (κ1) is 17.8. The quantitative estimate of drug-likeness (QED) is 0.669. The second kappa shape index (κ2) is 7.96.